The molecule has 0 fully saturated rings. The first-order valence-electron chi connectivity index (χ1n) is 6.37. The summed E-state index contributed by atoms with van der Waals surface area (Å²) in [5, 5.41) is 18.4. The van der Waals surface area contributed by atoms with Crippen LogP contribution in [0.1, 0.15) is 33.4 Å². The van der Waals surface area contributed by atoms with Gasteiger partial charge in [-0.15, -0.1) is 0 Å². The highest BCUT2D eigenvalue weighted by Gasteiger charge is 2.22. The van der Waals surface area contributed by atoms with E-state index in [9.17, 15) is 14.7 Å². The summed E-state index contributed by atoms with van der Waals surface area (Å²) in [4.78, 5) is 24.7. The van der Waals surface area contributed by atoms with Crippen LogP contribution in [0, 0.1) is 6.92 Å². The van der Waals surface area contributed by atoms with Crippen LogP contribution in [0.2, 0.25) is 0 Å². The molecule has 6 nitrogen and oxygen atoms in total. The molecule has 0 aliphatic rings. The fraction of sp³-hybridized carbons (Fsp3) is 0.200. The number of amides is 1. The number of hydrogen-bond acceptors (Lipinski definition) is 4. The number of phenols is 1. The highest BCUT2D eigenvalue weighted by atomic mass is 16.4. The van der Waals surface area contributed by atoms with Gasteiger partial charge in [-0.2, -0.15) is 0 Å². The molecule has 0 radical (unpaired) electrons. The summed E-state index contributed by atoms with van der Waals surface area (Å²) in [7, 11) is 0. The minimum Gasteiger partial charge on any atom is -0.508 e. The first-order chi connectivity index (χ1) is 9.93. The quantitative estimate of drug-likeness (QED) is 0.903. The van der Waals surface area contributed by atoms with Crippen molar-refractivity contribution in [3.05, 3.63) is 47.4 Å². The minimum absolute atomic E-state index is 0.0486. The maximum Gasteiger partial charge on any atom is 0.338 e. The van der Waals surface area contributed by atoms with Gasteiger partial charge in [0, 0.05) is 18.7 Å². The van der Waals surface area contributed by atoms with Gasteiger partial charge in [0.25, 0.3) is 5.91 Å². The van der Waals surface area contributed by atoms with Crippen molar-refractivity contribution in [1.29, 1.82) is 0 Å². The number of furan rings is 1. The van der Waals surface area contributed by atoms with Gasteiger partial charge < -0.3 is 19.5 Å². The number of hydrogen-bond donors (Lipinski definition) is 2. The lowest BCUT2D eigenvalue weighted by atomic mass is 10.1. The number of benzene rings is 1. The standard InChI is InChI=1S/C15H15NO5/c1-3-16(12-7-11(17)5-4-9(12)2)14(18)13-6-10(8-21-13)15(19)20/h4-8,17H,3H2,1-2H3,(H,19,20). The molecule has 21 heavy (non-hydrogen) atoms. The second-order valence-corrected chi connectivity index (χ2v) is 4.52. The fourth-order valence-corrected chi connectivity index (χ4v) is 2.01. The summed E-state index contributed by atoms with van der Waals surface area (Å²) < 4.78 is 5.03. The summed E-state index contributed by atoms with van der Waals surface area (Å²) in [5.41, 5.74) is 1.28. The van der Waals surface area contributed by atoms with Crippen LogP contribution in [0.25, 0.3) is 0 Å². The third-order valence-electron chi connectivity index (χ3n) is 3.10. The van der Waals surface area contributed by atoms with Crippen molar-refractivity contribution >= 4 is 17.6 Å². The van der Waals surface area contributed by atoms with Crippen molar-refractivity contribution in [2.75, 3.05) is 11.4 Å². The highest BCUT2D eigenvalue weighted by molar-refractivity contribution is 6.05. The summed E-state index contributed by atoms with van der Waals surface area (Å²) >= 11 is 0. The lowest BCUT2D eigenvalue weighted by Gasteiger charge is -2.22. The van der Waals surface area contributed by atoms with E-state index >= 15 is 0 Å². The molecule has 6 heteroatoms. The Morgan fingerprint density at radius 2 is 2.00 bits per heavy atom. The Kier molecular flexibility index (Phi) is 3.98. The van der Waals surface area contributed by atoms with Gasteiger partial charge >= 0.3 is 5.97 Å². The molecule has 0 atom stereocenters. The molecule has 0 saturated carbocycles. The zero-order valence-corrected chi connectivity index (χ0v) is 11.7. The molecule has 2 aromatic rings. The van der Waals surface area contributed by atoms with Gasteiger partial charge in [0.15, 0.2) is 5.76 Å². The van der Waals surface area contributed by atoms with E-state index in [1.54, 1.807) is 13.0 Å². The summed E-state index contributed by atoms with van der Waals surface area (Å²) in [6, 6.07) is 5.90. The molecule has 1 aromatic carbocycles. The van der Waals surface area contributed by atoms with Gasteiger partial charge in [-0.1, -0.05) is 6.07 Å². The molecule has 0 spiro atoms. The van der Waals surface area contributed by atoms with Crippen molar-refractivity contribution in [2.45, 2.75) is 13.8 Å². The van der Waals surface area contributed by atoms with Crippen molar-refractivity contribution in [1.82, 2.24) is 0 Å². The minimum atomic E-state index is -1.16. The van der Waals surface area contributed by atoms with E-state index < -0.39 is 11.9 Å². The first-order valence-corrected chi connectivity index (χ1v) is 6.37. The molecule has 1 aromatic heterocycles. The van der Waals surface area contributed by atoms with E-state index in [4.69, 9.17) is 9.52 Å². The third-order valence-corrected chi connectivity index (χ3v) is 3.10. The molecular formula is C15H15NO5. The molecule has 110 valence electrons. The molecule has 1 amide bonds. The Morgan fingerprint density at radius 1 is 1.29 bits per heavy atom. The molecule has 1 heterocycles. The normalized spacial score (nSPS) is 10.4. The molecule has 2 rings (SSSR count). The maximum absolute atomic E-state index is 12.4. The second-order valence-electron chi connectivity index (χ2n) is 4.52. The van der Waals surface area contributed by atoms with Crippen LogP contribution < -0.4 is 4.90 Å². The Hall–Kier alpha value is -2.76. The largest absolute Gasteiger partial charge is 0.508 e. The zero-order chi connectivity index (χ0) is 15.6. The first kappa shape index (κ1) is 14.6. The Balaban J connectivity index is 2.38. The topological polar surface area (TPSA) is 91.0 Å². The Labute approximate surface area is 121 Å². The number of nitrogens with zero attached hydrogens (tertiary/aromatic N) is 1. The summed E-state index contributed by atoms with van der Waals surface area (Å²) in [6.07, 6.45) is 1.03. The Bertz CT molecular complexity index is 689. The van der Waals surface area contributed by atoms with Crippen LogP contribution in [0.5, 0.6) is 5.75 Å². The Morgan fingerprint density at radius 3 is 2.57 bits per heavy atom. The molecule has 0 aliphatic heterocycles. The van der Waals surface area contributed by atoms with Gasteiger partial charge in [0.2, 0.25) is 0 Å². The smallest absolute Gasteiger partial charge is 0.338 e. The molecule has 0 aliphatic carbocycles. The van der Waals surface area contributed by atoms with Crippen molar-refractivity contribution in [2.24, 2.45) is 0 Å². The number of carbonyl (C=O) groups excluding carboxylic acids is 1. The SMILES string of the molecule is CCN(C(=O)c1cc(C(=O)O)co1)c1cc(O)ccc1C. The number of aromatic carboxylic acids is 1. The predicted molar refractivity (Wildman–Crippen MR) is 75.9 cm³/mol. The van der Waals surface area contributed by atoms with Gasteiger partial charge in [-0.05, 0) is 25.5 Å². The number of carboxylic acids is 1. The van der Waals surface area contributed by atoms with E-state index in [0.29, 0.717) is 12.2 Å². The number of aromatic hydroxyl groups is 1. The van der Waals surface area contributed by atoms with Crippen molar-refractivity contribution in [3.8, 4) is 5.75 Å². The van der Waals surface area contributed by atoms with Gasteiger partial charge in [-0.3, -0.25) is 4.79 Å². The predicted octanol–water partition coefficient (Wildman–Crippen LogP) is 2.66. The number of phenolic OH excluding ortho intramolecular Hbond substituents is 1. The van der Waals surface area contributed by atoms with Crippen LogP contribution in [-0.4, -0.2) is 28.6 Å². The monoisotopic (exact) mass is 289 g/mol. The van der Waals surface area contributed by atoms with E-state index in [1.165, 1.54) is 23.1 Å². The van der Waals surface area contributed by atoms with E-state index in [2.05, 4.69) is 0 Å². The van der Waals surface area contributed by atoms with Gasteiger partial charge in [0.05, 0.1) is 11.3 Å². The van der Waals surface area contributed by atoms with Gasteiger partial charge in [-0.25, -0.2) is 4.79 Å². The number of carboxylic acid groups (broad SMARTS) is 1. The third kappa shape index (κ3) is 2.89. The molecule has 0 saturated heterocycles. The molecular weight excluding hydrogens is 274 g/mol. The van der Waals surface area contributed by atoms with Gasteiger partial charge in [0.1, 0.15) is 12.0 Å². The zero-order valence-electron chi connectivity index (χ0n) is 11.7. The lowest BCUT2D eigenvalue weighted by molar-refractivity contribution is 0.0696. The van der Waals surface area contributed by atoms with E-state index in [-0.39, 0.29) is 17.1 Å². The molecule has 0 unspecified atom stereocenters. The summed E-state index contributed by atoms with van der Waals surface area (Å²) in [6.45, 7) is 3.95. The molecule has 2 N–H and O–H groups in total. The highest BCUT2D eigenvalue weighted by Crippen LogP contribution is 2.26. The van der Waals surface area contributed by atoms with Crippen LogP contribution in [0.15, 0.2) is 34.9 Å². The lowest BCUT2D eigenvalue weighted by Crippen LogP contribution is -2.30. The molecule has 0 bridgehead atoms. The van der Waals surface area contributed by atoms with Crippen molar-refractivity contribution in [3.63, 3.8) is 0 Å². The average Bonchev–Trinajstić information content (AvgIpc) is 2.93. The number of rotatable bonds is 4. The van der Waals surface area contributed by atoms with E-state index in [0.717, 1.165) is 11.8 Å². The van der Waals surface area contributed by atoms with Crippen LogP contribution in [0.4, 0.5) is 5.69 Å². The van der Waals surface area contributed by atoms with Crippen LogP contribution in [0.3, 0.4) is 0 Å². The average molecular weight is 289 g/mol. The summed E-state index contributed by atoms with van der Waals surface area (Å²) in [5.74, 6) is -1.63. The number of anilines is 1. The maximum atomic E-state index is 12.4. The second kappa shape index (κ2) is 5.70. The fourth-order valence-electron chi connectivity index (χ4n) is 2.01. The van der Waals surface area contributed by atoms with Crippen LogP contribution in [-0.2, 0) is 0 Å². The van der Waals surface area contributed by atoms with Crippen LogP contribution >= 0.6 is 0 Å². The van der Waals surface area contributed by atoms with E-state index in [1.807, 2.05) is 6.92 Å². The van der Waals surface area contributed by atoms with Crippen molar-refractivity contribution < 1.29 is 24.2 Å². The number of aryl methyl sites for hydroxylation is 1. The number of carbonyl (C=O) groups is 2.